The Kier molecular flexibility index (Phi) is 9.21. The van der Waals surface area contributed by atoms with Crippen molar-refractivity contribution >= 4 is 38.7 Å². The molecule has 12 heteroatoms. The number of fused-ring (bicyclic) bond motifs is 1. The first-order valence-electron chi connectivity index (χ1n) is 12.1. The van der Waals surface area contributed by atoms with Crippen LogP contribution in [0.15, 0.2) is 35.4 Å². The summed E-state index contributed by atoms with van der Waals surface area (Å²) < 4.78 is 28.5. The number of likely N-dealkylation sites (tertiary alicyclic amines) is 1. The van der Waals surface area contributed by atoms with Crippen molar-refractivity contribution in [1.82, 2.24) is 25.2 Å². The maximum atomic E-state index is 13.0. The number of nitrogens with zero attached hydrogens (tertiary/aromatic N) is 2. The van der Waals surface area contributed by atoms with E-state index in [-0.39, 0.29) is 22.7 Å². The number of aromatic nitrogens is 1. The average molecular weight is 518 g/mol. The SMILES string of the molecule is Cc1cnc2c(S(=O)(=O)NCC(=O)N3CC[C@H](C)C[C@H]3C(=O)NCCCCNC(=N)N)cccc2c1. The van der Waals surface area contributed by atoms with E-state index in [0.717, 1.165) is 18.4 Å². The maximum Gasteiger partial charge on any atom is 0.243 e. The van der Waals surface area contributed by atoms with Gasteiger partial charge in [-0.1, -0.05) is 19.1 Å². The molecule has 1 fully saturated rings. The topological polar surface area (TPSA) is 170 Å². The highest BCUT2D eigenvalue weighted by atomic mass is 32.2. The van der Waals surface area contributed by atoms with Gasteiger partial charge in [-0.15, -0.1) is 0 Å². The lowest BCUT2D eigenvalue weighted by molar-refractivity contribution is -0.142. The second-order valence-corrected chi connectivity index (χ2v) is 11.0. The number of para-hydroxylation sites is 1. The maximum absolute atomic E-state index is 13.0. The fourth-order valence-electron chi connectivity index (χ4n) is 4.29. The molecule has 1 aromatic heterocycles. The number of hydrogen-bond acceptors (Lipinski definition) is 6. The molecule has 2 heterocycles. The van der Waals surface area contributed by atoms with Crippen molar-refractivity contribution in [2.24, 2.45) is 11.7 Å². The zero-order chi connectivity index (χ0) is 26.3. The molecule has 1 aromatic carbocycles. The largest absolute Gasteiger partial charge is 0.370 e. The molecule has 3 rings (SSSR count). The molecule has 0 saturated carbocycles. The van der Waals surface area contributed by atoms with Crippen LogP contribution in [0.4, 0.5) is 0 Å². The van der Waals surface area contributed by atoms with Gasteiger partial charge in [0.25, 0.3) is 0 Å². The molecule has 36 heavy (non-hydrogen) atoms. The number of aryl methyl sites for hydroxylation is 1. The first-order valence-corrected chi connectivity index (χ1v) is 13.6. The molecule has 196 valence electrons. The van der Waals surface area contributed by atoms with Crippen LogP contribution in [-0.4, -0.2) is 68.3 Å². The van der Waals surface area contributed by atoms with Crippen LogP contribution in [-0.2, 0) is 19.6 Å². The number of piperidine rings is 1. The van der Waals surface area contributed by atoms with Crippen LogP contribution in [0.1, 0.15) is 38.2 Å². The van der Waals surface area contributed by atoms with Crippen LogP contribution in [0.5, 0.6) is 0 Å². The van der Waals surface area contributed by atoms with Crippen LogP contribution in [0, 0.1) is 18.3 Å². The van der Waals surface area contributed by atoms with E-state index in [9.17, 15) is 18.0 Å². The molecular formula is C24H35N7O4S. The fraction of sp³-hybridized carbons (Fsp3) is 0.500. The van der Waals surface area contributed by atoms with Crippen LogP contribution in [0.25, 0.3) is 10.9 Å². The number of benzene rings is 1. The zero-order valence-electron chi connectivity index (χ0n) is 20.7. The van der Waals surface area contributed by atoms with Gasteiger partial charge in [0, 0.05) is 31.2 Å². The van der Waals surface area contributed by atoms with Crippen LogP contribution in [0.3, 0.4) is 0 Å². The molecular weight excluding hydrogens is 482 g/mol. The van der Waals surface area contributed by atoms with Gasteiger partial charge in [-0.3, -0.25) is 20.0 Å². The molecule has 1 saturated heterocycles. The molecule has 0 bridgehead atoms. The van der Waals surface area contributed by atoms with Crippen molar-refractivity contribution in [1.29, 1.82) is 5.41 Å². The van der Waals surface area contributed by atoms with Gasteiger partial charge >= 0.3 is 0 Å². The third kappa shape index (κ3) is 7.14. The summed E-state index contributed by atoms with van der Waals surface area (Å²) in [7, 11) is -4.00. The number of rotatable bonds is 10. The molecule has 0 spiro atoms. The van der Waals surface area contributed by atoms with Gasteiger partial charge in [-0.05, 0) is 56.2 Å². The first kappa shape index (κ1) is 27.3. The molecule has 6 N–H and O–H groups in total. The Balaban J connectivity index is 1.61. The van der Waals surface area contributed by atoms with E-state index in [2.05, 4.69) is 20.3 Å². The van der Waals surface area contributed by atoms with Gasteiger partial charge in [0.2, 0.25) is 21.8 Å². The van der Waals surface area contributed by atoms with Gasteiger partial charge in [0.1, 0.15) is 10.9 Å². The van der Waals surface area contributed by atoms with Crippen LogP contribution < -0.4 is 21.1 Å². The van der Waals surface area contributed by atoms with E-state index in [1.165, 1.54) is 11.0 Å². The minimum atomic E-state index is -4.00. The summed E-state index contributed by atoms with van der Waals surface area (Å²) in [5.41, 5.74) is 6.49. The molecule has 2 amide bonds. The average Bonchev–Trinajstić information content (AvgIpc) is 2.83. The monoisotopic (exact) mass is 517 g/mol. The third-order valence-corrected chi connectivity index (χ3v) is 7.65. The number of sulfonamides is 1. The summed E-state index contributed by atoms with van der Waals surface area (Å²) in [6.45, 7) is 4.83. The fourth-order valence-corrected chi connectivity index (χ4v) is 5.44. The van der Waals surface area contributed by atoms with E-state index in [0.29, 0.717) is 43.4 Å². The number of carbonyl (C=O) groups is 2. The number of hydrogen-bond donors (Lipinski definition) is 5. The van der Waals surface area contributed by atoms with Crippen molar-refractivity contribution in [3.8, 4) is 0 Å². The lowest BCUT2D eigenvalue weighted by atomic mass is 9.91. The Morgan fingerprint density at radius 3 is 2.67 bits per heavy atom. The summed E-state index contributed by atoms with van der Waals surface area (Å²) in [6, 6.07) is 6.09. The van der Waals surface area contributed by atoms with Gasteiger partial charge < -0.3 is 21.3 Å². The van der Waals surface area contributed by atoms with Crippen LogP contribution in [0.2, 0.25) is 0 Å². The number of amides is 2. The smallest absolute Gasteiger partial charge is 0.243 e. The second kappa shape index (κ2) is 12.1. The highest BCUT2D eigenvalue weighted by Gasteiger charge is 2.35. The normalized spacial score (nSPS) is 18.1. The van der Waals surface area contributed by atoms with E-state index < -0.39 is 28.5 Å². The molecule has 0 radical (unpaired) electrons. The third-order valence-electron chi connectivity index (χ3n) is 6.22. The van der Waals surface area contributed by atoms with E-state index in [1.807, 2.05) is 19.9 Å². The standard InChI is InChI=1S/C24H35N7O4S/c1-16-8-11-31(19(13-16)23(33)27-9-3-4-10-28-24(25)26)21(32)15-30-36(34,35)20-7-5-6-18-12-17(2)14-29-22(18)20/h5-7,12,14,16,19,30H,3-4,8-11,13,15H2,1-2H3,(H,27,33)(H4,25,26,28)/t16-,19-/m0/s1. The van der Waals surface area contributed by atoms with Gasteiger partial charge in [0.15, 0.2) is 5.96 Å². The number of nitrogens with one attached hydrogen (secondary N) is 4. The summed E-state index contributed by atoms with van der Waals surface area (Å²) in [6.07, 6.45) is 4.29. The lowest BCUT2D eigenvalue weighted by Gasteiger charge is -2.37. The molecule has 2 aromatic rings. The van der Waals surface area contributed by atoms with Crippen molar-refractivity contribution in [2.75, 3.05) is 26.2 Å². The Hall–Kier alpha value is -3.25. The molecule has 0 aliphatic carbocycles. The van der Waals surface area contributed by atoms with Gasteiger partial charge in [-0.25, -0.2) is 13.1 Å². The van der Waals surface area contributed by atoms with Gasteiger partial charge in [-0.2, -0.15) is 0 Å². The molecule has 0 unspecified atom stereocenters. The van der Waals surface area contributed by atoms with Gasteiger partial charge in [0.05, 0.1) is 12.1 Å². The Morgan fingerprint density at radius 1 is 1.22 bits per heavy atom. The van der Waals surface area contributed by atoms with Crippen molar-refractivity contribution in [2.45, 2.75) is 50.5 Å². The Bertz CT molecular complexity index is 1220. The molecule has 1 aliphatic rings. The quantitative estimate of drug-likeness (QED) is 0.176. The summed E-state index contributed by atoms with van der Waals surface area (Å²) in [4.78, 5) is 31.7. The highest BCUT2D eigenvalue weighted by molar-refractivity contribution is 7.89. The number of nitrogens with two attached hydrogens (primary N) is 1. The predicted octanol–water partition coefficient (Wildman–Crippen LogP) is 0.828. The van der Waals surface area contributed by atoms with E-state index in [1.54, 1.807) is 18.3 Å². The van der Waals surface area contributed by atoms with E-state index in [4.69, 9.17) is 11.1 Å². The summed E-state index contributed by atoms with van der Waals surface area (Å²) in [5.74, 6) is -0.510. The summed E-state index contributed by atoms with van der Waals surface area (Å²) >= 11 is 0. The predicted molar refractivity (Wildman–Crippen MR) is 138 cm³/mol. The summed E-state index contributed by atoms with van der Waals surface area (Å²) in [5, 5.41) is 13.4. The number of guanidine groups is 1. The zero-order valence-corrected chi connectivity index (χ0v) is 21.5. The molecule has 1 aliphatic heterocycles. The molecule has 2 atom stereocenters. The number of carbonyl (C=O) groups excluding carboxylic acids is 2. The van der Waals surface area contributed by atoms with E-state index >= 15 is 0 Å². The molecule has 11 nitrogen and oxygen atoms in total. The van der Waals surface area contributed by atoms with Crippen molar-refractivity contribution in [3.63, 3.8) is 0 Å². The minimum absolute atomic E-state index is 0.00798. The Labute approximate surface area is 211 Å². The minimum Gasteiger partial charge on any atom is -0.370 e. The second-order valence-electron chi connectivity index (χ2n) is 9.24. The van der Waals surface area contributed by atoms with Crippen molar-refractivity contribution < 1.29 is 18.0 Å². The number of pyridine rings is 1. The number of unbranched alkanes of at least 4 members (excludes halogenated alkanes) is 1. The highest BCUT2D eigenvalue weighted by Crippen LogP contribution is 2.24. The lowest BCUT2D eigenvalue weighted by Crippen LogP contribution is -2.55. The first-order chi connectivity index (χ1) is 17.1. The van der Waals surface area contributed by atoms with Crippen molar-refractivity contribution in [3.05, 3.63) is 36.0 Å². The van der Waals surface area contributed by atoms with Crippen LogP contribution >= 0.6 is 0 Å². The Morgan fingerprint density at radius 2 is 1.94 bits per heavy atom.